The van der Waals surface area contributed by atoms with Crippen molar-refractivity contribution in [3.63, 3.8) is 0 Å². The van der Waals surface area contributed by atoms with Crippen LogP contribution >= 0.6 is 11.3 Å². The van der Waals surface area contributed by atoms with Crippen molar-refractivity contribution in [1.82, 2.24) is 19.8 Å². The van der Waals surface area contributed by atoms with E-state index in [1.165, 1.54) is 4.31 Å². The molecule has 0 aliphatic carbocycles. The molecule has 0 bridgehead atoms. The number of amides is 1. The molecule has 0 unspecified atom stereocenters. The van der Waals surface area contributed by atoms with Crippen LogP contribution in [0.4, 0.5) is 0 Å². The van der Waals surface area contributed by atoms with Gasteiger partial charge in [0.05, 0.1) is 11.4 Å². The highest BCUT2D eigenvalue weighted by Crippen LogP contribution is 2.26. The number of hydrogen-bond acceptors (Lipinski definition) is 7. The van der Waals surface area contributed by atoms with Crippen molar-refractivity contribution >= 4 is 27.3 Å². The Hall–Kier alpha value is -2.56. The van der Waals surface area contributed by atoms with E-state index in [4.69, 9.17) is 4.52 Å². The topological polar surface area (TPSA) is 105 Å². The molecule has 1 aromatic carbocycles. The first-order chi connectivity index (χ1) is 15.0. The second-order valence-corrected chi connectivity index (χ2v) is 10.3. The second-order valence-electron chi connectivity index (χ2n) is 7.37. The number of carbonyl (C=O) groups is 1. The van der Waals surface area contributed by atoms with E-state index >= 15 is 0 Å². The highest BCUT2D eigenvalue weighted by molar-refractivity contribution is 7.89. The molecule has 1 aliphatic rings. The fraction of sp³-hybridized carbons (Fsp3) is 0.381. The van der Waals surface area contributed by atoms with Gasteiger partial charge in [0.1, 0.15) is 0 Å². The summed E-state index contributed by atoms with van der Waals surface area (Å²) in [5.41, 5.74) is 0.698. The molecule has 8 nitrogen and oxygen atoms in total. The Morgan fingerprint density at radius 2 is 1.97 bits per heavy atom. The summed E-state index contributed by atoms with van der Waals surface area (Å²) in [4.78, 5) is 18.0. The molecule has 164 valence electrons. The van der Waals surface area contributed by atoms with Crippen LogP contribution in [0.25, 0.3) is 11.4 Å². The van der Waals surface area contributed by atoms with Gasteiger partial charge in [0.2, 0.25) is 27.6 Å². The third-order valence-electron chi connectivity index (χ3n) is 5.36. The minimum Gasteiger partial charge on any atom is -0.351 e. The molecule has 1 amide bonds. The lowest BCUT2D eigenvalue weighted by Gasteiger charge is -2.30. The molecule has 31 heavy (non-hydrogen) atoms. The lowest BCUT2D eigenvalue weighted by Crippen LogP contribution is -2.42. The standard InChI is InChI=1S/C21H24N4O4S2/c1-2-19-23-20(24-29-19)15-5-7-18(8-6-15)31(27,28)25-11-9-16(10-12-25)21(26)22-14-17-4-3-13-30-17/h3-8,13,16H,2,9-12,14H2,1H3,(H,22,26). The second kappa shape index (κ2) is 9.29. The lowest BCUT2D eigenvalue weighted by atomic mass is 9.97. The number of hydrogen-bond donors (Lipinski definition) is 1. The van der Waals surface area contributed by atoms with Gasteiger partial charge in [0.15, 0.2) is 0 Å². The largest absolute Gasteiger partial charge is 0.351 e. The van der Waals surface area contributed by atoms with E-state index in [9.17, 15) is 13.2 Å². The van der Waals surface area contributed by atoms with Gasteiger partial charge in [0, 0.05) is 35.9 Å². The first-order valence-electron chi connectivity index (χ1n) is 10.2. The van der Waals surface area contributed by atoms with Crippen LogP contribution in [0.1, 0.15) is 30.5 Å². The number of aryl methyl sites for hydroxylation is 1. The summed E-state index contributed by atoms with van der Waals surface area (Å²) >= 11 is 1.60. The maximum Gasteiger partial charge on any atom is 0.243 e. The van der Waals surface area contributed by atoms with Gasteiger partial charge in [-0.3, -0.25) is 4.79 Å². The zero-order valence-electron chi connectivity index (χ0n) is 17.2. The zero-order valence-corrected chi connectivity index (χ0v) is 18.8. The SMILES string of the molecule is CCc1nc(-c2ccc(S(=O)(=O)N3CCC(C(=O)NCc4cccs4)CC3)cc2)no1. The molecule has 3 heterocycles. The van der Waals surface area contributed by atoms with Crippen LogP contribution < -0.4 is 5.32 Å². The van der Waals surface area contributed by atoms with Gasteiger partial charge in [-0.1, -0.05) is 18.1 Å². The predicted octanol–water partition coefficient (Wildman–Crippen LogP) is 3.08. The van der Waals surface area contributed by atoms with E-state index in [0.29, 0.717) is 56.2 Å². The fourth-order valence-corrected chi connectivity index (χ4v) is 5.65. The van der Waals surface area contributed by atoms with E-state index in [1.807, 2.05) is 24.4 Å². The predicted molar refractivity (Wildman–Crippen MR) is 117 cm³/mol. The minimum absolute atomic E-state index is 0.0126. The van der Waals surface area contributed by atoms with Crippen molar-refractivity contribution in [2.24, 2.45) is 5.92 Å². The quantitative estimate of drug-likeness (QED) is 0.581. The smallest absolute Gasteiger partial charge is 0.243 e. The first kappa shape index (κ1) is 21.7. The van der Waals surface area contributed by atoms with Crippen molar-refractivity contribution < 1.29 is 17.7 Å². The van der Waals surface area contributed by atoms with Crippen LogP contribution in [-0.2, 0) is 27.8 Å². The minimum atomic E-state index is -3.62. The van der Waals surface area contributed by atoms with Crippen LogP contribution in [0.5, 0.6) is 0 Å². The van der Waals surface area contributed by atoms with Crippen LogP contribution in [-0.4, -0.2) is 41.9 Å². The van der Waals surface area contributed by atoms with Gasteiger partial charge in [0.25, 0.3) is 0 Å². The summed E-state index contributed by atoms with van der Waals surface area (Å²) in [6.07, 6.45) is 1.66. The van der Waals surface area contributed by atoms with E-state index in [1.54, 1.807) is 35.6 Å². The van der Waals surface area contributed by atoms with Crippen molar-refractivity contribution in [2.75, 3.05) is 13.1 Å². The van der Waals surface area contributed by atoms with Gasteiger partial charge in [-0.25, -0.2) is 8.42 Å². The molecule has 0 saturated carbocycles. The molecular formula is C21H24N4O4S2. The molecule has 4 rings (SSSR count). The Morgan fingerprint density at radius 1 is 1.23 bits per heavy atom. The van der Waals surface area contributed by atoms with Gasteiger partial charge in [-0.2, -0.15) is 9.29 Å². The molecule has 10 heteroatoms. The zero-order chi connectivity index (χ0) is 21.8. The number of rotatable bonds is 7. The van der Waals surface area contributed by atoms with Gasteiger partial charge in [-0.05, 0) is 48.6 Å². The van der Waals surface area contributed by atoms with Crippen LogP contribution in [0, 0.1) is 5.92 Å². The molecule has 3 aromatic rings. The highest BCUT2D eigenvalue weighted by Gasteiger charge is 2.32. The van der Waals surface area contributed by atoms with Crippen LogP contribution in [0.2, 0.25) is 0 Å². The number of nitrogens with zero attached hydrogens (tertiary/aromatic N) is 3. The van der Waals surface area contributed by atoms with Crippen LogP contribution in [0.15, 0.2) is 51.2 Å². The maximum absolute atomic E-state index is 13.0. The van der Waals surface area contributed by atoms with Crippen molar-refractivity contribution in [3.8, 4) is 11.4 Å². The van der Waals surface area contributed by atoms with Gasteiger partial charge >= 0.3 is 0 Å². The summed E-state index contributed by atoms with van der Waals surface area (Å²) in [6.45, 7) is 3.09. The Kier molecular flexibility index (Phi) is 6.49. The lowest BCUT2D eigenvalue weighted by molar-refractivity contribution is -0.126. The number of thiophene rings is 1. The van der Waals surface area contributed by atoms with Crippen LogP contribution in [0.3, 0.4) is 0 Å². The Morgan fingerprint density at radius 3 is 2.58 bits per heavy atom. The molecule has 1 aliphatic heterocycles. The molecule has 1 N–H and O–H groups in total. The van der Waals surface area contributed by atoms with E-state index in [0.717, 1.165) is 4.88 Å². The van der Waals surface area contributed by atoms with Crippen molar-refractivity contribution in [2.45, 2.75) is 37.6 Å². The number of sulfonamides is 1. The van der Waals surface area contributed by atoms with Crippen molar-refractivity contribution in [3.05, 3.63) is 52.5 Å². The van der Waals surface area contributed by atoms with E-state index in [2.05, 4.69) is 15.5 Å². The molecule has 1 saturated heterocycles. The number of carbonyl (C=O) groups excluding carboxylic acids is 1. The average molecular weight is 461 g/mol. The van der Waals surface area contributed by atoms with Crippen molar-refractivity contribution in [1.29, 1.82) is 0 Å². The molecule has 2 aromatic heterocycles. The van der Waals surface area contributed by atoms with Gasteiger partial charge in [-0.15, -0.1) is 11.3 Å². The molecule has 0 spiro atoms. The third-order valence-corrected chi connectivity index (χ3v) is 8.15. The summed E-state index contributed by atoms with van der Waals surface area (Å²) in [5, 5.41) is 8.84. The monoisotopic (exact) mass is 460 g/mol. The summed E-state index contributed by atoms with van der Waals surface area (Å²) < 4.78 is 32.6. The first-order valence-corrected chi connectivity index (χ1v) is 12.5. The highest BCUT2D eigenvalue weighted by atomic mass is 32.2. The molecular weight excluding hydrogens is 436 g/mol. The Balaban J connectivity index is 1.35. The number of aromatic nitrogens is 2. The molecule has 1 fully saturated rings. The van der Waals surface area contributed by atoms with E-state index < -0.39 is 10.0 Å². The average Bonchev–Trinajstić information content (AvgIpc) is 3.50. The normalized spacial score (nSPS) is 15.8. The Labute approximate surface area is 185 Å². The Bertz CT molecular complexity index is 1120. The fourth-order valence-electron chi connectivity index (χ4n) is 3.53. The third kappa shape index (κ3) is 4.86. The number of piperidine rings is 1. The molecule has 0 atom stereocenters. The maximum atomic E-state index is 13.0. The number of nitrogens with one attached hydrogen (secondary N) is 1. The van der Waals surface area contributed by atoms with Gasteiger partial charge < -0.3 is 9.84 Å². The summed E-state index contributed by atoms with van der Waals surface area (Å²) in [6, 6.07) is 10.4. The molecule has 0 radical (unpaired) electrons. The van der Waals surface area contributed by atoms with E-state index in [-0.39, 0.29) is 16.7 Å². The summed E-state index contributed by atoms with van der Waals surface area (Å²) in [5.74, 6) is 0.797. The number of benzene rings is 1. The summed E-state index contributed by atoms with van der Waals surface area (Å²) in [7, 11) is -3.62.